The number of carbonyl (C=O) groups excluding carboxylic acids is 2. The summed E-state index contributed by atoms with van der Waals surface area (Å²) in [5, 5.41) is 3.55. The van der Waals surface area contributed by atoms with Crippen LogP contribution in [-0.4, -0.2) is 58.5 Å². The van der Waals surface area contributed by atoms with Gasteiger partial charge in [-0.2, -0.15) is 0 Å². The SMILES string of the molecule is CCCNC(=O)C(Cc1ccccc1)N(Cc1ccc(Cl)c(Cl)c1)C(=O)CN(c1ccccc1)S(=O)(=O)c1ccc(OC)c(OC)c1. The number of rotatable bonds is 15. The second-order valence-corrected chi connectivity index (χ2v) is 13.3. The second kappa shape index (κ2) is 16.5. The fourth-order valence-corrected chi connectivity index (χ4v) is 6.73. The van der Waals surface area contributed by atoms with Gasteiger partial charge in [0.25, 0.3) is 10.0 Å². The topological polar surface area (TPSA) is 105 Å². The molecule has 4 rings (SSSR count). The summed E-state index contributed by atoms with van der Waals surface area (Å²) in [6.45, 7) is 1.70. The lowest BCUT2D eigenvalue weighted by molar-refractivity contribution is -0.140. The zero-order valence-corrected chi connectivity index (χ0v) is 28.7. The molecule has 0 aliphatic carbocycles. The van der Waals surface area contributed by atoms with Gasteiger partial charge in [-0.15, -0.1) is 0 Å². The average molecular weight is 699 g/mol. The van der Waals surface area contributed by atoms with Crippen molar-refractivity contribution in [3.05, 3.63) is 118 Å². The van der Waals surface area contributed by atoms with Crippen molar-refractivity contribution in [2.75, 3.05) is 31.6 Å². The summed E-state index contributed by atoms with van der Waals surface area (Å²) in [5.41, 5.74) is 1.71. The third-order valence-corrected chi connectivity index (χ3v) is 9.93. The van der Waals surface area contributed by atoms with Gasteiger partial charge in [0.2, 0.25) is 11.8 Å². The number of ether oxygens (including phenoxy) is 2. The highest BCUT2D eigenvalue weighted by Gasteiger charge is 2.35. The molecule has 0 saturated heterocycles. The van der Waals surface area contributed by atoms with Crippen molar-refractivity contribution in [3.63, 3.8) is 0 Å². The quantitative estimate of drug-likeness (QED) is 0.155. The van der Waals surface area contributed by atoms with E-state index in [4.69, 9.17) is 32.7 Å². The molecule has 1 unspecified atom stereocenters. The summed E-state index contributed by atoms with van der Waals surface area (Å²) in [6.07, 6.45) is 0.882. The minimum absolute atomic E-state index is 0.0359. The fraction of sp³-hybridized carbons (Fsp3) is 0.257. The molecule has 4 aromatic carbocycles. The maximum atomic E-state index is 14.5. The van der Waals surface area contributed by atoms with Crippen molar-refractivity contribution in [2.45, 2.75) is 37.2 Å². The van der Waals surface area contributed by atoms with Gasteiger partial charge in [0.05, 0.1) is 34.8 Å². The molecule has 9 nitrogen and oxygen atoms in total. The first-order valence-electron chi connectivity index (χ1n) is 14.9. The molecule has 47 heavy (non-hydrogen) atoms. The lowest BCUT2D eigenvalue weighted by atomic mass is 10.0. The highest BCUT2D eigenvalue weighted by Crippen LogP contribution is 2.32. The number of nitrogens with zero attached hydrogens (tertiary/aromatic N) is 2. The summed E-state index contributed by atoms with van der Waals surface area (Å²) in [6, 6.07) is 25.8. The molecule has 1 N–H and O–H groups in total. The number of para-hydroxylation sites is 1. The number of sulfonamides is 1. The summed E-state index contributed by atoms with van der Waals surface area (Å²) < 4.78 is 40.2. The normalized spacial score (nSPS) is 11.8. The van der Waals surface area contributed by atoms with Crippen LogP contribution in [0, 0.1) is 0 Å². The fourth-order valence-electron chi connectivity index (χ4n) is 4.98. The van der Waals surface area contributed by atoms with Gasteiger partial charge in [-0.25, -0.2) is 8.42 Å². The molecule has 248 valence electrons. The van der Waals surface area contributed by atoms with E-state index in [0.717, 1.165) is 9.87 Å². The van der Waals surface area contributed by atoms with Gasteiger partial charge in [-0.3, -0.25) is 13.9 Å². The van der Waals surface area contributed by atoms with Gasteiger partial charge in [-0.1, -0.05) is 84.7 Å². The molecule has 2 amide bonds. The van der Waals surface area contributed by atoms with Gasteiger partial charge < -0.3 is 19.7 Å². The van der Waals surface area contributed by atoms with E-state index in [1.54, 1.807) is 48.5 Å². The number of benzene rings is 4. The first-order chi connectivity index (χ1) is 22.6. The number of hydrogen-bond donors (Lipinski definition) is 1. The Kier molecular flexibility index (Phi) is 12.5. The zero-order valence-electron chi connectivity index (χ0n) is 26.4. The molecule has 4 aromatic rings. The Bertz CT molecular complexity index is 1780. The Hall–Kier alpha value is -4.25. The largest absolute Gasteiger partial charge is 0.493 e. The third-order valence-electron chi connectivity index (χ3n) is 7.42. The van der Waals surface area contributed by atoms with Crippen LogP contribution in [0.15, 0.2) is 102 Å². The molecule has 0 bridgehead atoms. The van der Waals surface area contributed by atoms with Gasteiger partial charge in [0.1, 0.15) is 12.6 Å². The highest BCUT2D eigenvalue weighted by atomic mass is 35.5. The molecular formula is C35H37Cl2N3O6S. The van der Waals surface area contributed by atoms with Crippen LogP contribution in [-0.2, 0) is 32.6 Å². The first-order valence-corrected chi connectivity index (χ1v) is 17.1. The number of methoxy groups -OCH3 is 2. The average Bonchev–Trinajstić information content (AvgIpc) is 3.09. The van der Waals surface area contributed by atoms with Gasteiger partial charge in [0, 0.05) is 25.6 Å². The van der Waals surface area contributed by atoms with Crippen LogP contribution in [0.1, 0.15) is 24.5 Å². The van der Waals surface area contributed by atoms with E-state index >= 15 is 0 Å². The molecule has 1 atom stereocenters. The minimum Gasteiger partial charge on any atom is -0.493 e. The van der Waals surface area contributed by atoms with Crippen LogP contribution in [0.25, 0.3) is 0 Å². The van der Waals surface area contributed by atoms with Crippen molar-refractivity contribution in [1.29, 1.82) is 0 Å². The minimum atomic E-state index is -4.33. The molecular weight excluding hydrogens is 661 g/mol. The molecule has 0 saturated carbocycles. The van der Waals surface area contributed by atoms with Crippen molar-refractivity contribution in [1.82, 2.24) is 10.2 Å². The van der Waals surface area contributed by atoms with Crippen molar-refractivity contribution < 1.29 is 27.5 Å². The number of amides is 2. The Balaban J connectivity index is 1.81. The molecule has 12 heteroatoms. The van der Waals surface area contributed by atoms with Crippen LogP contribution in [0.2, 0.25) is 10.0 Å². The third kappa shape index (κ3) is 8.97. The number of halogens is 2. The smallest absolute Gasteiger partial charge is 0.264 e. The van der Waals surface area contributed by atoms with Gasteiger partial charge in [0.15, 0.2) is 11.5 Å². The zero-order chi connectivity index (χ0) is 34.0. The van der Waals surface area contributed by atoms with E-state index in [1.807, 2.05) is 37.3 Å². The predicted molar refractivity (Wildman–Crippen MR) is 185 cm³/mol. The number of carbonyl (C=O) groups is 2. The van der Waals surface area contributed by atoms with E-state index in [0.29, 0.717) is 29.3 Å². The van der Waals surface area contributed by atoms with Gasteiger partial charge >= 0.3 is 0 Å². The lowest BCUT2D eigenvalue weighted by Crippen LogP contribution is -2.53. The molecule has 0 fully saturated rings. The molecule has 0 aliphatic heterocycles. The Morgan fingerprint density at radius 1 is 0.809 bits per heavy atom. The Morgan fingerprint density at radius 2 is 1.47 bits per heavy atom. The van der Waals surface area contributed by atoms with Crippen LogP contribution in [0.3, 0.4) is 0 Å². The van der Waals surface area contributed by atoms with E-state index in [1.165, 1.54) is 37.3 Å². The van der Waals surface area contributed by atoms with Crippen LogP contribution in [0.4, 0.5) is 5.69 Å². The maximum Gasteiger partial charge on any atom is 0.264 e. The molecule has 0 aliphatic rings. The van der Waals surface area contributed by atoms with Crippen LogP contribution in [0.5, 0.6) is 11.5 Å². The van der Waals surface area contributed by atoms with E-state index < -0.39 is 28.5 Å². The monoisotopic (exact) mass is 697 g/mol. The van der Waals surface area contributed by atoms with E-state index in [9.17, 15) is 18.0 Å². The summed E-state index contributed by atoms with van der Waals surface area (Å²) in [4.78, 5) is 29.6. The predicted octanol–water partition coefficient (Wildman–Crippen LogP) is 6.37. The molecule has 0 spiro atoms. The molecule has 0 heterocycles. The van der Waals surface area contributed by atoms with Crippen molar-refractivity contribution in [2.24, 2.45) is 0 Å². The van der Waals surface area contributed by atoms with Crippen molar-refractivity contribution in [3.8, 4) is 11.5 Å². The van der Waals surface area contributed by atoms with E-state index in [2.05, 4.69) is 5.32 Å². The summed E-state index contributed by atoms with van der Waals surface area (Å²) >= 11 is 12.5. The van der Waals surface area contributed by atoms with Crippen molar-refractivity contribution >= 4 is 50.7 Å². The highest BCUT2D eigenvalue weighted by molar-refractivity contribution is 7.92. The van der Waals surface area contributed by atoms with E-state index in [-0.39, 0.29) is 40.2 Å². The number of hydrogen-bond acceptors (Lipinski definition) is 6. The Labute approximate surface area is 286 Å². The first kappa shape index (κ1) is 35.6. The maximum absolute atomic E-state index is 14.5. The molecule has 0 radical (unpaired) electrons. The number of nitrogens with one attached hydrogen (secondary N) is 1. The Morgan fingerprint density at radius 3 is 2.09 bits per heavy atom. The van der Waals surface area contributed by atoms with Crippen LogP contribution < -0.4 is 19.1 Å². The van der Waals surface area contributed by atoms with Gasteiger partial charge in [-0.05, 0) is 53.9 Å². The lowest BCUT2D eigenvalue weighted by Gasteiger charge is -2.34. The number of anilines is 1. The summed E-state index contributed by atoms with van der Waals surface area (Å²) in [5.74, 6) is -0.400. The standard InChI is InChI=1S/C35H37Cl2N3O6S/c1-4-19-38-35(42)31(21-25-11-7-5-8-12-25)39(23-26-15-17-29(36)30(37)20-26)34(41)24-40(27-13-9-6-10-14-27)47(43,44)28-16-18-32(45-2)33(22-28)46-3/h5-18,20,22,31H,4,19,21,23-24H2,1-3H3,(H,38,42). The summed E-state index contributed by atoms with van der Waals surface area (Å²) in [7, 11) is -1.48. The van der Waals surface area contributed by atoms with Crippen LogP contribution >= 0.6 is 23.2 Å². The molecule has 0 aromatic heterocycles. The second-order valence-electron chi connectivity index (χ2n) is 10.6.